The molecule has 0 saturated carbocycles. The summed E-state index contributed by atoms with van der Waals surface area (Å²) in [5.41, 5.74) is 0. The summed E-state index contributed by atoms with van der Waals surface area (Å²) in [6, 6.07) is 0. The third-order valence-corrected chi connectivity index (χ3v) is 7.33. The van der Waals surface area contributed by atoms with E-state index in [4.69, 9.17) is 28.4 Å². The van der Waals surface area contributed by atoms with Crippen molar-refractivity contribution in [2.24, 2.45) is 5.92 Å². The van der Waals surface area contributed by atoms with Crippen LogP contribution in [0.15, 0.2) is 0 Å². The first-order chi connectivity index (χ1) is 17.4. The highest BCUT2D eigenvalue weighted by Crippen LogP contribution is 2.35. The predicted molar refractivity (Wildman–Crippen MR) is 118 cm³/mol. The van der Waals surface area contributed by atoms with Crippen molar-refractivity contribution in [2.75, 3.05) is 26.9 Å². The van der Waals surface area contributed by atoms with E-state index < -0.39 is 98.0 Å². The molecule has 15 heteroatoms. The van der Waals surface area contributed by atoms with E-state index in [2.05, 4.69) is 0 Å². The van der Waals surface area contributed by atoms with Gasteiger partial charge in [-0.3, -0.25) is 0 Å². The van der Waals surface area contributed by atoms with Crippen molar-refractivity contribution in [3.63, 3.8) is 0 Å². The number of aliphatic hydroxyl groups excluding tert-OH is 9. The lowest BCUT2D eigenvalue weighted by molar-refractivity contribution is -0.376. The molecule has 0 spiro atoms. The van der Waals surface area contributed by atoms with Crippen molar-refractivity contribution in [3.05, 3.63) is 0 Å². The highest BCUT2D eigenvalue weighted by molar-refractivity contribution is 4.96. The molecule has 0 aromatic carbocycles. The Morgan fingerprint density at radius 1 is 0.757 bits per heavy atom. The van der Waals surface area contributed by atoms with Crippen LogP contribution in [-0.2, 0) is 28.4 Å². The fourth-order valence-electron chi connectivity index (χ4n) is 4.82. The van der Waals surface area contributed by atoms with Gasteiger partial charge in [0, 0.05) is 19.6 Å². The van der Waals surface area contributed by atoms with Crippen LogP contribution >= 0.6 is 0 Å². The minimum atomic E-state index is -1.87. The molecule has 0 amide bonds. The zero-order valence-electron chi connectivity index (χ0n) is 20.9. The van der Waals surface area contributed by atoms with E-state index in [1.807, 2.05) is 0 Å². The molecule has 37 heavy (non-hydrogen) atoms. The van der Waals surface area contributed by atoms with Crippen LogP contribution in [-0.4, -0.2) is 158 Å². The summed E-state index contributed by atoms with van der Waals surface area (Å²) in [6.07, 6.45) is -18.1. The molecule has 3 fully saturated rings. The van der Waals surface area contributed by atoms with Crippen LogP contribution in [0.3, 0.4) is 0 Å². The first kappa shape index (κ1) is 30.9. The van der Waals surface area contributed by atoms with Crippen molar-refractivity contribution >= 4 is 0 Å². The first-order valence-corrected chi connectivity index (χ1v) is 12.2. The van der Waals surface area contributed by atoms with Crippen LogP contribution in [0.1, 0.15) is 20.3 Å². The summed E-state index contributed by atoms with van der Waals surface area (Å²) in [6.45, 7) is 1.51. The van der Waals surface area contributed by atoms with Gasteiger partial charge in [0.15, 0.2) is 18.4 Å². The summed E-state index contributed by atoms with van der Waals surface area (Å²) in [7, 11) is 1.27. The molecular weight excluding hydrogens is 504 g/mol. The topological polar surface area (TPSA) is 237 Å². The summed E-state index contributed by atoms with van der Waals surface area (Å²) < 4.78 is 33.3. The van der Waals surface area contributed by atoms with Gasteiger partial charge in [0.2, 0.25) is 0 Å². The van der Waals surface area contributed by atoms with Crippen molar-refractivity contribution in [3.8, 4) is 0 Å². The van der Waals surface area contributed by atoms with Gasteiger partial charge in [0.1, 0.15) is 48.8 Å². The minimum Gasteiger partial charge on any atom is -0.396 e. The normalized spacial score (nSPS) is 51.2. The van der Waals surface area contributed by atoms with E-state index >= 15 is 0 Å². The molecule has 218 valence electrons. The molecule has 3 rings (SSSR count). The standard InChI is InChI=1S/C22H40O15/c1-8-11(7-33-22(2)19(31)15(28)13(26)10(6-24)37-22)35-21(16(29)12(8)25)36-18-9(4-5-23)34-20(32-3)17(30)14(18)27/h8-21,23-31H,4-7H2,1-3H3/t8-,9?,10?,11?,12+,13+,14-,15+,16?,17?,18-,19?,20-,21+,22+/m1/s1. The van der Waals surface area contributed by atoms with Gasteiger partial charge >= 0.3 is 0 Å². The Morgan fingerprint density at radius 3 is 1.97 bits per heavy atom. The lowest BCUT2D eigenvalue weighted by Crippen LogP contribution is -2.66. The van der Waals surface area contributed by atoms with Crippen LogP contribution in [0.25, 0.3) is 0 Å². The molecule has 0 aliphatic carbocycles. The van der Waals surface area contributed by atoms with Gasteiger partial charge in [0.25, 0.3) is 0 Å². The highest BCUT2D eigenvalue weighted by atomic mass is 16.8. The van der Waals surface area contributed by atoms with Gasteiger partial charge < -0.3 is 74.4 Å². The van der Waals surface area contributed by atoms with Crippen LogP contribution < -0.4 is 0 Å². The van der Waals surface area contributed by atoms with E-state index in [9.17, 15) is 46.0 Å². The number of rotatable bonds is 9. The fraction of sp³-hybridized carbons (Fsp3) is 1.00. The van der Waals surface area contributed by atoms with Gasteiger partial charge in [-0.05, 0) is 13.3 Å². The molecule has 3 aliphatic heterocycles. The third-order valence-electron chi connectivity index (χ3n) is 7.33. The molecule has 0 aromatic heterocycles. The number of methoxy groups -OCH3 is 1. The Bertz CT molecular complexity index is 714. The van der Waals surface area contributed by atoms with E-state index in [0.717, 1.165) is 0 Å². The lowest BCUT2D eigenvalue weighted by atomic mass is 9.90. The minimum absolute atomic E-state index is 0.00357. The van der Waals surface area contributed by atoms with Gasteiger partial charge in [-0.25, -0.2) is 0 Å². The Labute approximate surface area is 213 Å². The number of aliphatic hydroxyl groups is 9. The SMILES string of the molecule is CO[C@@H]1OC(CCO)[C@@H](O[C@@H]2OC(CO[C@@]3(C)OC(CO)[C@H](O)[C@H](O)C3O)[C@@H](C)[C@H](O)C2O)[C@H](O)C1O. The van der Waals surface area contributed by atoms with Crippen molar-refractivity contribution in [1.29, 1.82) is 0 Å². The zero-order chi connectivity index (χ0) is 27.7. The monoisotopic (exact) mass is 544 g/mol. The van der Waals surface area contributed by atoms with Crippen molar-refractivity contribution < 1.29 is 74.4 Å². The molecule has 0 bridgehead atoms. The largest absolute Gasteiger partial charge is 0.396 e. The molecule has 3 saturated heterocycles. The molecule has 15 nitrogen and oxygen atoms in total. The summed E-state index contributed by atoms with van der Waals surface area (Å²) in [5, 5.41) is 91.5. The molecule has 3 heterocycles. The van der Waals surface area contributed by atoms with E-state index in [0.29, 0.717) is 0 Å². The fourth-order valence-corrected chi connectivity index (χ4v) is 4.82. The Hall–Kier alpha value is -0.600. The maximum atomic E-state index is 10.6. The molecule has 9 N–H and O–H groups in total. The quantitative estimate of drug-likeness (QED) is 0.132. The Kier molecular flexibility index (Phi) is 10.6. The summed E-state index contributed by atoms with van der Waals surface area (Å²) >= 11 is 0. The maximum absolute atomic E-state index is 10.6. The second-order valence-corrected chi connectivity index (χ2v) is 9.85. The van der Waals surface area contributed by atoms with Gasteiger partial charge in [-0.15, -0.1) is 0 Å². The molecule has 0 aromatic rings. The predicted octanol–water partition coefficient (Wildman–Crippen LogP) is -4.86. The van der Waals surface area contributed by atoms with E-state index in [-0.39, 0.29) is 19.6 Å². The van der Waals surface area contributed by atoms with Crippen molar-refractivity contribution in [1.82, 2.24) is 0 Å². The molecular formula is C22H40O15. The third kappa shape index (κ3) is 6.26. The number of hydrogen-bond acceptors (Lipinski definition) is 15. The smallest absolute Gasteiger partial charge is 0.194 e. The van der Waals surface area contributed by atoms with Crippen molar-refractivity contribution in [2.45, 2.75) is 106 Å². The Morgan fingerprint density at radius 2 is 1.38 bits per heavy atom. The average Bonchev–Trinajstić information content (AvgIpc) is 2.88. The number of hydrogen-bond donors (Lipinski definition) is 9. The zero-order valence-corrected chi connectivity index (χ0v) is 20.9. The molecule has 6 unspecified atom stereocenters. The van der Waals surface area contributed by atoms with Crippen LogP contribution in [0.4, 0.5) is 0 Å². The second-order valence-electron chi connectivity index (χ2n) is 9.85. The number of ether oxygens (including phenoxy) is 6. The average molecular weight is 545 g/mol. The molecule has 3 aliphatic rings. The summed E-state index contributed by atoms with van der Waals surface area (Å²) in [5.74, 6) is -2.60. The van der Waals surface area contributed by atoms with Gasteiger partial charge in [-0.2, -0.15) is 0 Å². The van der Waals surface area contributed by atoms with E-state index in [1.54, 1.807) is 6.92 Å². The van der Waals surface area contributed by atoms with Crippen LogP contribution in [0.5, 0.6) is 0 Å². The van der Waals surface area contributed by atoms with Crippen LogP contribution in [0.2, 0.25) is 0 Å². The maximum Gasteiger partial charge on any atom is 0.194 e. The Balaban J connectivity index is 1.72. The summed E-state index contributed by atoms with van der Waals surface area (Å²) in [4.78, 5) is 0. The van der Waals surface area contributed by atoms with Gasteiger partial charge in [0.05, 0.1) is 31.5 Å². The van der Waals surface area contributed by atoms with Crippen LogP contribution in [0, 0.1) is 5.92 Å². The highest BCUT2D eigenvalue weighted by Gasteiger charge is 2.53. The van der Waals surface area contributed by atoms with E-state index in [1.165, 1.54) is 14.0 Å². The molecule has 15 atom stereocenters. The second kappa shape index (κ2) is 12.7. The lowest BCUT2D eigenvalue weighted by Gasteiger charge is -2.48. The first-order valence-electron chi connectivity index (χ1n) is 12.2. The molecule has 0 radical (unpaired) electrons. The van der Waals surface area contributed by atoms with Gasteiger partial charge in [-0.1, -0.05) is 6.92 Å².